The zero-order chi connectivity index (χ0) is 10.3. The molecule has 0 radical (unpaired) electrons. The van der Waals surface area contributed by atoms with Gasteiger partial charge in [-0.3, -0.25) is 0 Å². The van der Waals surface area contributed by atoms with Crippen molar-refractivity contribution in [2.24, 2.45) is 0 Å². The second-order valence-electron chi connectivity index (χ2n) is 3.21. The summed E-state index contributed by atoms with van der Waals surface area (Å²) in [7, 11) is -1.49. The second kappa shape index (κ2) is 3.27. The van der Waals surface area contributed by atoms with Gasteiger partial charge in [0.15, 0.2) is 0 Å². The molecule has 2 aromatic rings. The van der Waals surface area contributed by atoms with E-state index in [1.54, 1.807) is 17.5 Å². The van der Waals surface area contributed by atoms with E-state index in [0.717, 1.165) is 10.3 Å². The Morgan fingerprint density at radius 3 is 2.64 bits per heavy atom. The van der Waals surface area contributed by atoms with Crippen molar-refractivity contribution >= 4 is 34.0 Å². The van der Waals surface area contributed by atoms with Crippen LogP contribution in [0, 0.1) is 6.92 Å². The van der Waals surface area contributed by atoms with Crippen molar-refractivity contribution in [3.63, 3.8) is 0 Å². The second-order valence-corrected chi connectivity index (χ2v) is 4.09. The van der Waals surface area contributed by atoms with Gasteiger partial charge in [0.2, 0.25) is 0 Å². The summed E-state index contributed by atoms with van der Waals surface area (Å²) in [6.07, 6.45) is 0. The van der Waals surface area contributed by atoms with Crippen molar-refractivity contribution in [3.8, 4) is 5.75 Å². The van der Waals surface area contributed by atoms with Gasteiger partial charge in [0.25, 0.3) is 0 Å². The van der Waals surface area contributed by atoms with E-state index in [9.17, 15) is 5.11 Å². The summed E-state index contributed by atoms with van der Waals surface area (Å²) in [6.45, 7) is 1.88. The fourth-order valence-electron chi connectivity index (χ4n) is 1.48. The van der Waals surface area contributed by atoms with Gasteiger partial charge in [0.05, 0.1) is 0 Å². The van der Waals surface area contributed by atoms with Gasteiger partial charge in [-0.15, -0.1) is 11.3 Å². The van der Waals surface area contributed by atoms with Crippen LogP contribution in [0.25, 0.3) is 10.1 Å². The summed E-state index contributed by atoms with van der Waals surface area (Å²) in [5, 5.41) is 29.8. The summed E-state index contributed by atoms with van der Waals surface area (Å²) < 4.78 is 0.979. The number of hydrogen-bond acceptors (Lipinski definition) is 4. The SMILES string of the molecule is Cc1cc(B(O)O)cc2c(O)csc12. The first kappa shape index (κ1) is 9.52. The molecule has 3 N–H and O–H groups in total. The van der Waals surface area contributed by atoms with Crippen LogP contribution in [0.15, 0.2) is 17.5 Å². The van der Waals surface area contributed by atoms with Crippen LogP contribution in [-0.2, 0) is 0 Å². The molecule has 0 bridgehead atoms. The molecular formula is C9H9BO3S. The summed E-state index contributed by atoms with van der Waals surface area (Å²) in [5.41, 5.74) is 1.35. The zero-order valence-electron chi connectivity index (χ0n) is 7.56. The fourth-order valence-corrected chi connectivity index (χ4v) is 2.37. The van der Waals surface area contributed by atoms with Crippen LogP contribution in [0.2, 0.25) is 0 Å². The molecule has 1 aromatic heterocycles. The van der Waals surface area contributed by atoms with Crippen molar-refractivity contribution in [2.45, 2.75) is 6.92 Å². The average molecular weight is 208 g/mol. The van der Waals surface area contributed by atoms with Crippen molar-refractivity contribution in [1.82, 2.24) is 0 Å². The number of aromatic hydroxyl groups is 1. The minimum absolute atomic E-state index is 0.190. The van der Waals surface area contributed by atoms with Crippen LogP contribution >= 0.6 is 11.3 Å². The molecule has 5 heteroatoms. The molecule has 1 heterocycles. The molecule has 0 aliphatic carbocycles. The van der Waals surface area contributed by atoms with Gasteiger partial charge >= 0.3 is 7.12 Å². The predicted octanol–water partition coefficient (Wildman–Crippen LogP) is 0.595. The third kappa shape index (κ3) is 1.39. The van der Waals surface area contributed by atoms with Crippen LogP contribution in [0.4, 0.5) is 0 Å². The van der Waals surface area contributed by atoms with Crippen LogP contribution in [0.1, 0.15) is 5.56 Å². The molecule has 0 unspecified atom stereocenters. The number of rotatable bonds is 1. The highest BCUT2D eigenvalue weighted by Gasteiger charge is 2.14. The van der Waals surface area contributed by atoms with E-state index in [1.165, 1.54) is 11.3 Å². The molecule has 0 saturated carbocycles. The predicted molar refractivity (Wildman–Crippen MR) is 58.1 cm³/mol. The van der Waals surface area contributed by atoms with E-state index in [-0.39, 0.29) is 5.75 Å². The smallest absolute Gasteiger partial charge is 0.488 e. The molecule has 14 heavy (non-hydrogen) atoms. The molecule has 3 nitrogen and oxygen atoms in total. The first-order valence-electron chi connectivity index (χ1n) is 4.16. The monoisotopic (exact) mass is 208 g/mol. The highest BCUT2D eigenvalue weighted by atomic mass is 32.1. The first-order valence-corrected chi connectivity index (χ1v) is 5.04. The molecule has 0 saturated heterocycles. The largest absolute Gasteiger partial charge is 0.506 e. The van der Waals surface area contributed by atoms with Crippen LogP contribution in [0.3, 0.4) is 0 Å². The van der Waals surface area contributed by atoms with Crippen LogP contribution < -0.4 is 5.46 Å². The topological polar surface area (TPSA) is 60.7 Å². The molecule has 2 rings (SSSR count). The van der Waals surface area contributed by atoms with Crippen molar-refractivity contribution in [3.05, 3.63) is 23.1 Å². The molecule has 0 spiro atoms. The molecule has 72 valence electrons. The molecule has 0 fully saturated rings. The zero-order valence-corrected chi connectivity index (χ0v) is 8.38. The molecule has 0 aliphatic rings. The van der Waals surface area contributed by atoms with E-state index < -0.39 is 7.12 Å². The molecule has 1 aromatic carbocycles. The van der Waals surface area contributed by atoms with E-state index in [1.807, 2.05) is 6.92 Å². The molecule has 0 aliphatic heterocycles. The van der Waals surface area contributed by atoms with Gasteiger partial charge in [-0.25, -0.2) is 0 Å². The Morgan fingerprint density at radius 1 is 1.29 bits per heavy atom. The van der Waals surface area contributed by atoms with Crippen molar-refractivity contribution in [1.29, 1.82) is 0 Å². The van der Waals surface area contributed by atoms with Gasteiger partial charge < -0.3 is 15.2 Å². The van der Waals surface area contributed by atoms with E-state index in [0.29, 0.717) is 10.8 Å². The van der Waals surface area contributed by atoms with E-state index >= 15 is 0 Å². The summed E-state index contributed by atoms with van der Waals surface area (Å²) in [5.74, 6) is 0.190. The maximum absolute atomic E-state index is 9.49. The quantitative estimate of drug-likeness (QED) is 0.601. The van der Waals surface area contributed by atoms with Gasteiger partial charge in [-0.1, -0.05) is 12.1 Å². The summed E-state index contributed by atoms with van der Waals surface area (Å²) in [4.78, 5) is 0. The number of fused-ring (bicyclic) bond motifs is 1. The minimum atomic E-state index is -1.49. The number of hydrogen-bond donors (Lipinski definition) is 3. The maximum Gasteiger partial charge on any atom is 0.488 e. The lowest BCUT2D eigenvalue weighted by Crippen LogP contribution is -2.29. The number of benzene rings is 1. The Balaban J connectivity index is 2.75. The molecule has 0 amide bonds. The summed E-state index contributed by atoms with van der Waals surface area (Å²) in [6, 6.07) is 3.31. The average Bonchev–Trinajstić information content (AvgIpc) is 2.48. The number of aryl methyl sites for hydroxylation is 1. The standard InChI is InChI=1S/C9H9BO3S/c1-5-2-6(10(12)13)3-7-8(11)4-14-9(5)7/h2-4,11-13H,1H3. The Kier molecular flexibility index (Phi) is 2.22. The van der Waals surface area contributed by atoms with Crippen LogP contribution in [-0.4, -0.2) is 22.3 Å². The normalized spacial score (nSPS) is 10.8. The van der Waals surface area contributed by atoms with Gasteiger partial charge in [-0.05, 0) is 17.9 Å². The molecule has 0 atom stereocenters. The van der Waals surface area contributed by atoms with Gasteiger partial charge in [0, 0.05) is 15.5 Å². The molecular weight excluding hydrogens is 199 g/mol. The Hall–Kier alpha value is -1.04. The third-order valence-electron chi connectivity index (χ3n) is 2.16. The Bertz CT molecular complexity index is 478. The minimum Gasteiger partial charge on any atom is -0.506 e. The Labute approximate surface area is 85.4 Å². The lowest BCUT2D eigenvalue weighted by atomic mass is 9.79. The maximum atomic E-state index is 9.49. The fraction of sp³-hybridized carbons (Fsp3) is 0.111. The van der Waals surface area contributed by atoms with Crippen LogP contribution in [0.5, 0.6) is 5.75 Å². The first-order chi connectivity index (χ1) is 6.59. The summed E-state index contributed by atoms with van der Waals surface area (Å²) >= 11 is 1.45. The highest BCUT2D eigenvalue weighted by molar-refractivity contribution is 7.17. The van der Waals surface area contributed by atoms with E-state index in [2.05, 4.69) is 0 Å². The third-order valence-corrected chi connectivity index (χ3v) is 3.28. The Morgan fingerprint density at radius 2 is 2.00 bits per heavy atom. The lowest BCUT2D eigenvalue weighted by molar-refractivity contribution is 0.426. The van der Waals surface area contributed by atoms with Gasteiger partial charge in [-0.2, -0.15) is 0 Å². The number of thiophene rings is 1. The highest BCUT2D eigenvalue weighted by Crippen LogP contribution is 2.32. The van der Waals surface area contributed by atoms with E-state index in [4.69, 9.17) is 10.0 Å². The van der Waals surface area contributed by atoms with Crippen molar-refractivity contribution in [2.75, 3.05) is 0 Å². The van der Waals surface area contributed by atoms with Crippen molar-refractivity contribution < 1.29 is 15.2 Å². The van der Waals surface area contributed by atoms with Gasteiger partial charge in [0.1, 0.15) is 5.75 Å². The lowest BCUT2D eigenvalue weighted by Gasteiger charge is -2.02.